The summed E-state index contributed by atoms with van der Waals surface area (Å²) in [6, 6.07) is 28.8. The molecule has 2 aromatic heterocycles. The molecule has 0 unspecified atom stereocenters. The minimum absolute atomic E-state index is 0.452. The SMILES string of the molecule is c1ccc2nc(COc3ccc(Cc4ccc(-c5ncn[nH]5)cc4)cc3)ccc2c1. The normalized spacial score (nSPS) is 10.9. The summed E-state index contributed by atoms with van der Waals surface area (Å²) >= 11 is 0. The third-order valence-electron chi connectivity index (χ3n) is 5.02. The molecule has 0 bridgehead atoms. The van der Waals surface area contributed by atoms with Crippen LogP contribution in [0.5, 0.6) is 5.75 Å². The Morgan fingerprint density at radius 3 is 2.30 bits per heavy atom. The molecule has 0 spiro atoms. The second-order valence-corrected chi connectivity index (χ2v) is 7.14. The number of nitrogens with one attached hydrogen (secondary N) is 1. The van der Waals surface area contributed by atoms with Crippen LogP contribution in [-0.2, 0) is 13.0 Å². The van der Waals surface area contributed by atoms with Crippen LogP contribution >= 0.6 is 0 Å². The van der Waals surface area contributed by atoms with Crippen molar-refractivity contribution in [3.05, 3.63) is 108 Å². The number of aromatic amines is 1. The molecule has 0 aliphatic heterocycles. The van der Waals surface area contributed by atoms with Gasteiger partial charge in [-0.05, 0) is 41.8 Å². The van der Waals surface area contributed by atoms with Crippen LogP contribution in [0.2, 0.25) is 0 Å². The lowest BCUT2D eigenvalue weighted by atomic mass is 10.0. The molecule has 0 atom stereocenters. The lowest BCUT2D eigenvalue weighted by Crippen LogP contribution is -1.98. The molecule has 0 saturated carbocycles. The van der Waals surface area contributed by atoms with Gasteiger partial charge < -0.3 is 4.74 Å². The van der Waals surface area contributed by atoms with Crippen LogP contribution in [0, 0.1) is 0 Å². The van der Waals surface area contributed by atoms with E-state index in [0.29, 0.717) is 6.61 Å². The smallest absolute Gasteiger partial charge is 0.155 e. The van der Waals surface area contributed by atoms with Gasteiger partial charge in [0.05, 0.1) is 11.2 Å². The topological polar surface area (TPSA) is 63.7 Å². The molecule has 2 heterocycles. The van der Waals surface area contributed by atoms with Crippen molar-refractivity contribution in [2.45, 2.75) is 13.0 Å². The Morgan fingerprint density at radius 2 is 1.53 bits per heavy atom. The number of rotatable bonds is 6. The summed E-state index contributed by atoms with van der Waals surface area (Å²) in [5, 5.41) is 7.91. The second kappa shape index (κ2) is 8.17. The number of aromatic nitrogens is 4. The minimum atomic E-state index is 0.452. The fourth-order valence-corrected chi connectivity index (χ4v) is 3.41. The van der Waals surface area contributed by atoms with Gasteiger partial charge in [-0.25, -0.2) is 9.97 Å². The van der Waals surface area contributed by atoms with Gasteiger partial charge in [-0.1, -0.05) is 60.7 Å². The summed E-state index contributed by atoms with van der Waals surface area (Å²) in [6.07, 6.45) is 2.38. The standard InChI is InChI=1S/C25H20N4O/c1-2-4-24-20(3-1)11-12-22(28-24)16-30-23-13-7-19(8-14-23)15-18-5-9-21(10-6-18)25-26-17-27-29-25/h1-14,17H,15-16H2,(H,26,27,29). The minimum Gasteiger partial charge on any atom is -0.487 e. The molecule has 5 aromatic rings. The first-order chi connectivity index (χ1) is 14.8. The number of hydrogen-bond donors (Lipinski definition) is 1. The zero-order chi connectivity index (χ0) is 20.2. The molecule has 0 fully saturated rings. The van der Waals surface area contributed by atoms with Crippen LogP contribution in [0.1, 0.15) is 16.8 Å². The summed E-state index contributed by atoms with van der Waals surface area (Å²) in [6.45, 7) is 0.452. The van der Waals surface area contributed by atoms with E-state index in [9.17, 15) is 0 Å². The molecule has 0 radical (unpaired) electrons. The average Bonchev–Trinajstić information content (AvgIpc) is 3.34. The second-order valence-electron chi connectivity index (χ2n) is 7.14. The highest BCUT2D eigenvalue weighted by atomic mass is 16.5. The van der Waals surface area contributed by atoms with E-state index in [4.69, 9.17) is 4.74 Å². The van der Waals surface area contributed by atoms with E-state index in [1.54, 1.807) is 0 Å². The van der Waals surface area contributed by atoms with Gasteiger partial charge >= 0.3 is 0 Å². The highest BCUT2D eigenvalue weighted by Crippen LogP contribution is 2.19. The van der Waals surface area contributed by atoms with Crippen molar-refractivity contribution in [3.8, 4) is 17.1 Å². The maximum absolute atomic E-state index is 5.92. The van der Waals surface area contributed by atoms with Crippen molar-refractivity contribution in [1.29, 1.82) is 0 Å². The van der Waals surface area contributed by atoms with Gasteiger partial charge in [-0.3, -0.25) is 5.10 Å². The predicted molar refractivity (Wildman–Crippen MR) is 117 cm³/mol. The monoisotopic (exact) mass is 392 g/mol. The Morgan fingerprint density at radius 1 is 0.767 bits per heavy atom. The van der Waals surface area contributed by atoms with Crippen LogP contribution in [-0.4, -0.2) is 20.2 Å². The summed E-state index contributed by atoms with van der Waals surface area (Å²) < 4.78 is 5.92. The Bertz CT molecular complexity index is 1250. The molecular formula is C25H20N4O. The average molecular weight is 392 g/mol. The maximum atomic E-state index is 5.92. The van der Waals surface area contributed by atoms with E-state index >= 15 is 0 Å². The number of fused-ring (bicyclic) bond motifs is 1. The molecule has 30 heavy (non-hydrogen) atoms. The molecule has 5 rings (SSSR count). The number of nitrogens with zero attached hydrogens (tertiary/aromatic N) is 3. The van der Waals surface area contributed by atoms with Gasteiger partial charge in [0.15, 0.2) is 5.82 Å². The third kappa shape index (κ3) is 4.05. The van der Waals surface area contributed by atoms with Crippen LogP contribution in [0.4, 0.5) is 0 Å². The van der Waals surface area contributed by atoms with E-state index < -0.39 is 0 Å². The van der Waals surface area contributed by atoms with E-state index in [1.165, 1.54) is 17.5 Å². The molecule has 146 valence electrons. The number of hydrogen-bond acceptors (Lipinski definition) is 4. The first kappa shape index (κ1) is 18.1. The summed E-state index contributed by atoms with van der Waals surface area (Å²) in [7, 11) is 0. The van der Waals surface area contributed by atoms with Crippen LogP contribution < -0.4 is 4.74 Å². The molecule has 5 nitrogen and oxygen atoms in total. The molecule has 0 saturated heterocycles. The van der Waals surface area contributed by atoms with Crippen molar-refractivity contribution in [1.82, 2.24) is 20.2 Å². The molecule has 0 aliphatic carbocycles. The Kier molecular flexibility index (Phi) is 4.92. The highest BCUT2D eigenvalue weighted by molar-refractivity contribution is 5.78. The number of ether oxygens (including phenoxy) is 1. The molecule has 1 N–H and O–H groups in total. The number of benzene rings is 3. The van der Waals surface area contributed by atoms with Crippen molar-refractivity contribution in [2.75, 3.05) is 0 Å². The van der Waals surface area contributed by atoms with E-state index in [2.05, 4.69) is 68.7 Å². The van der Waals surface area contributed by atoms with Gasteiger partial charge in [0.1, 0.15) is 18.7 Å². The lowest BCUT2D eigenvalue weighted by molar-refractivity contribution is 0.301. The van der Waals surface area contributed by atoms with E-state index in [-0.39, 0.29) is 0 Å². The van der Waals surface area contributed by atoms with Gasteiger partial charge in [-0.2, -0.15) is 5.10 Å². The summed E-state index contributed by atoms with van der Waals surface area (Å²) in [5.41, 5.74) is 5.42. The van der Waals surface area contributed by atoms with E-state index in [0.717, 1.165) is 40.2 Å². The Balaban J connectivity index is 1.21. The van der Waals surface area contributed by atoms with Crippen molar-refractivity contribution < 1.29 is 4.74 Å². The summed E-state index contributed by atoms with van der Waals surface area (Å²) in [5.74, 6) is 1.62. The third-order valence-corrected chi connectivity index (χ3v) is 5.02. The van der Waals surface area contributed by atoms with Crippen LogP contribution in [0.3, 0.4) is 0 Å². The van der Waals surface area contributed by atoms with Crippen molar-refractivity contribution in [3.63, 3.8) is 0 Å². The first-order valence-electron chi connectivity index (χ1n) is 9.85. The van der Waals surface area contributed by atoms with Crippen molar-refractivity contribution >= 4 is 10.9 Å². The largest absolute Gasteiger partial charge is 0.487 e. The molecular weight excluding hydrogens is 372 g/mol. The number of pyridine rings is 1. The van der Waals surface area contributed by atoms with Crippen LogP contribution in [0.15, 0.2) is 91.3 Å². The molecule has 5 heteroatoms. The van der Waals surface area contributed by atoms with Crippen LogP contribution in [0.25, 0.3) is 22.3 Å². The van der Waals surface area contributed by atoms with E-state index in [1.807, 2.05) is 36.4 Å². The fraction of sp³-hybridized carbons (Fsp3) is 0.0800. The molecule has 0 aliphatic rings. The van der Waals surface area contributed by atoms with Gasteiger partial charge in [-0.15, -0.1) is 0 Å². The summed E-state index contributed by atoms with van der Waals surface area (Å²) in [4.78, 5) is 8.83. The zero-order valence-electron chi connectivity index (χ0n) is 16.3. The Labute approximate surface area is 174 Å². The molecule has 3 aromatic carbocycles. The number of H-pyrrole nitrogens is 1. The molecule has 0 amide bonds. The van der Waals surface area contributed by atoms with Crippen molar-refractivity contribution in [2.24, 2.45) is 0 Å². The van der Waals surface area contributed by atoms with Gasteiger partial charge in [0.25, 0.3) is 0 Å². The fourth-order valence-electron chi connectivity index (χ4n) is 3.41. The lowest BCUT2D eigenvalue weighted by Gasteiger charge is -2.08. The maximum Gasteiger partial charge on any atom is 0.155 e. The quantitative estimate of drug-likeness (QED) is 0.432. The van der Waals surface area contributed by atoms with Gasteiger partial charge in [0.2, 0.25) is 0 Å². The van der Waals surface area contributed by atoms with Gasteiger partial charge in [0, 0.05) is 10.9 Å². The zero-order valence-corrected chi connectivity index (χ0v) is 16.3. The predicted octanol–water partition coefficient (Wildman–Crippen LogP) is 5.19. The first-order valence-corrected chi connectivity index (χ1v) is 9.85. The Hall–Kier alpha value is -3.99. The highest BCUT2D eigenvalue weighted by Gasteiger charge is 2.03. The number of para-hydroxylation sites is 1.